The van der Waals surface area contributed by atoms with Gasteiger partial charge in [0, 0.05) is 16.6 Å². The number of carbonyl (C=O) groups excluding carboxylic acids is 2. The van der Waals surface area contributed by atoms with Crippen LogP contribution < -0.4 is 16.6 Å². The fraction of sp³-hybridized carbons (Fsp3) is 0.500. The van der Waals surface area contributed by atoms with Gasteiger partial charge in [-0.2, -0.15) is 0 Å². The van der Waals surface area contributed by atoms with Gasteiger partial charge in [0.25, 0.3) is 11.5 Å². The zero-order chi connectivity index (χ0) is 21.0. The molecule has 3 rings (SSSR count). The van der Waals surface area contributed by atoms with Gasteiger partial charge >= 0.3 is 0 Å². The average molecular weight is 435 g/mol. The molecule has 2 amide bonds. The lowest BCUT2D eigenvalue weighted by atomic mass is 9.95. The molecule has 2 aromatic rings. The van der Waals surface area contributed by atoms with Crippen LogP contribution in [-0.2, 0) is 24.1 Å². The van der Waals surface area contributed by atoms with E-state index in [0.29, 0.717) is 15.7 Å². The normalized spacial score (nSPS) is 14.3. The third-order valence-electron chi connectivity index (χ3n) is 4.87. The molecule has 1 aliphatic carbocycles. The lowest BCUT2D eigenvalue weighted by Crippen LogP contribution is -2.25. The van der Waals surface area contributed by atoms with Crippen LogP contribution in [0, 0.1) is 0 Å². The van der Waals surface area contributed by atoms with Gasteiger partial charge in [-0.1, -0.05) is 25.1 Å². The van der Waals surface area contributed by atoms with E-state index < -0.39 is 11.2 Å². The zero-order valence-corrected chi connectivity index (χ0v) is 18.3. The Hall–Kier alpha value is -2.13. The van der Waals surface area contributed by atoms with Crippen molar-refractivity contribution in [3.05, 3.63) is 38.1 Å². The van der Waals surface area contributed by atoms with Crippen LogP contribution in [0.25, 0.3) is 0 Å². The summed E-state index contributed by atoms with van der Waals surface area (Å²) in [6, 6.07) is 1.50. The summed E-state index contributed by atoms with van der Waals surface area (Å²) < 4.78 is 0. The molecule has 1 aliphatic rings. The number of H-pyrrole nitrogens is 1. The number of aromatic nitrogens is 2. The van der Waals surface area contributed by atoms with Gasteiger partial charge in [-0.25, -0.2) is 4.98 Å². The smallest absolute Gasteiger partial charge is 0.251 e. The van der Waals surface area contributed by atoms with Crippen molar-refractivity contribution >= 4 is 39.9 Å². The second-order valence-corrected chi connectivity index (χ2v) is 9.61. The summed E-state index contributed by atoms with van der Waals surface area (Å²) in [6.07, 6.45) is 6.54. The van der Waals surface area contributed by atoms with Crippen molar-refractivity contribution < 1.29 is 9.59 Å². The minimum atomic E-state index is -0.505. The number of aromatic amines is 1. The highest BCUT2D eigenvalue weighted by Gasteiger charge is 2.26. The van der Waals surface area contributed by atoms with Gasteiger partial charge < -0.3 is 16.0 Å². The van der Waals surface area contributed by atoms with Crippen molar-refractivity contribution in [2.24, 2.45) is 5.73 Å². The molecule has 7 nitrogen and oxygen atoms in total. The molecule has 0 spiro atoms. The minimum absolute atomic E-state index is 0.219. The largest absolute Gasteiger partial charge is 0.365 e. The van der Waals surface area contributed by atoms with Crippen LogP contribution >= 0.6 is 23.1 Å². The van der Waals surface area contributed by atoms with E-state index in [-0.39, 0.29) is 11.5 Å². The van der Waals surface area contributed by atoms with E-state index in [1.165, 1.54) is 29.2 Å². The number of rotatable bonds is 8. The molecule has 4 N–H and O–H groups in total. The van der Waals surface area contributed by atoms with E-state index >= 15 is 0 Å². The van der Waals surface area contributed by atoms with E-state index in [1.807, 2.05) is 0 Å². The number of nitrogens with one attached hydrogen (secondary N) is 2. The summed E-state index contributed by atoms with van der Waals surface area (Å²) in [5, 5.41) is 3.32. The Morgan fingerprint density at radius 1 is 1.38 bits per heavy atom. The van der Waals surface area contributed by atoms with E-state index in [4.69, 9.17) is 5.73 Å². The fourth-order valence-corrected chi connectivity index (χ4v) is 5.50. The number of unbranched alkanes of at least 4 members (excludes halogenated alkanes) is 1. The third-order valence-corrected chi connectivity index (χ3v) is 7.06. The molecule has 2 heterocycles. The molecule has 0 saturated heterocycles. The topological polar surface area (TPSA) is 118 Å². The van der Waals surface area contributed by atoms with Crippen molar-refractivity contribution in [1.82, 2.24) is 9.97 Å². The number of thioether (sulfide) groups is 1. The molecule has 0 aromatic carbocycles. The number of hydrogen-bond donors (Lipinski definition) is 3. The molecule has 0 radical (unpaired) electrons. The first kappa shape index (κ1) is 21.6. The molecule has 0 fully saturated rings. The number of primary amides is 1. The number of nitrogens with zero attached hydrogens (tertiary/aromatic N) is 1. The number of fused-ring (bicyclic) bond motifs is 1. The Labute approximate surface area is 177 Å². The molecule has 2 aromatic heterocycles. The molecular weight excluding hydrogens is 408 g/mol. The van der Waals surface area contributed by atoms with Gasteiger partial charge in [-0.3, -0.25) is 14.4 Å². The number of nitrogens with two attached hydrogens (primary N) is 1. The Kier molecular flexibility index (Phi) is 7.13. The Balaban J connectivity index is 1.73. The van der Waals surface area contributed by atoms with Crippen molar-refractivity contribution in [2.75, 3.05) is 5.32 Å². The van der Waals surface area contributed by atoms with Crippen LogP contribution in [0.15, 0.2) is 16.0 Å². The molecular formula is C20H26N4O3S2. The number of carbonyl (C=O) groups is 2. The summed E-state index contributed by atoms with van der Waals surface area (Å²) >= 11 is 2.63. The van der Waals surface area contributed by atoms with Gasteiger partial charge in [0.05, 0.1) is 10.8 Å². The Morgan fingerprint density at radius 2 is 2.14 bits per heavy atom. The first-order valence-corrected chi connectivity index (χ1v) is 11.6. The number of aryl methyl sites for hydroxylation is 2. The number of amides is 2. The Bertz CT molecular complexity index is 967. The van der Waals surface area contributed by atoms with Crippen LogP contribution in [0.3, 0.4) is 0 Å². The van der Waals surface area contributed by atoms with Gasteiger partial charge in [-0.05, 0) is 51.0 Å². The SMILES string of the molecule is CCCCc1cc(=O)[nH]c(SC(C)C(=O)Nc2sc3c(c2C(N)=O)CCCC3)n1. The molecule has 9 heteroatoms. The second kappa shape index (κ2) is 9.58. The second-order valence-electron chi connectivity index (χ2n) is 7.17. The molecule has 0 saturated carbocycles. The van der Waals surface area contributed by atoms with E-state index in [0.717, 1.165) is 61.1 Å². The average Bonchev–Trinajstić information content (AvgIpc) is 3.03. The van der Waals surface area contributed by atoms with Crippen LogP contribution in [0.4, 0.5) is 5.00 Å². The summed E-state index contributed by atoms with van der Waals surface area (Å²) in [6.45, 7) is 3.83. The van der Waals surface area contributed by atoms with Crippen molar-refractivity contribution in [3.8, 4) is 0 Å². The monoisotopic (exact) mass is 434 g/mol. The fourth-order valence-electron chi connectivity index (χ4n) is 3.37. The van der Waals surface area contributed by atoms with Crippen LogP contribution in [-0.4, -0.2) is 27.0 Å². The van der Waals surface area contributed by atoms with Crippen molar-refractivity contribution in [1.29, 1.82) is 0 Å². The molecule has 1 atom stereocenters. The van der Waals surface area contributed by atoms with Crippen LogP contribution in [0.1, 0.15) is 66.0 Å². The van der Waals surface area contributed by atoms with E-state index in [2.05, 4.69) is 22.2 Å². The standard InChI is InChI=1S/C20H26N4O3S2/c1-3-4-7-12-10-15(25)23-20(22-12)28-11(2)18(27)24-19-16(17(21)26)13-8-5-6-9-14(13)29-19/h10-11H,3-9H2,1-2H3,(H2,21,26)(H,24,27)(H,22,23,25). The van der Waals surface area contributed by atoms with Gasteiger partial charge in [-0.15, -0.1) is 11.3 Å². The summed E-state index contributed by atoms with van der Waals surface area (Å²) in [4.78, 5) is 44.9. The summed E-state index contributed by atoms with van der Waals surface area (Å²) in [5.41, 5.74) is 7.54. The maximum absolute atomic E-state index is 12.7. The van der Waals surface area contributed by atoms with Crippen molar-refractivity contribution in [2.45, 2.75) is 69.2 Å². The maximum Gasteiger partial charge on any atom is 0.251 e. The predicted molar refractivity (Wildman–Crippen MR) is 117 cm³/mol. The van der Waals surface area contributed by atoms with E-state index in [9.17, 15) is 14.4 Å². The molecule has 0 aliphatic heterocycles. The molecule has 29 heavy (non-hydrogen) atoms. The third kappa shape index (κ3) is 5.27. The highest BCUT2D eigenvalue weighted by atomic mass is 32.2. The van der Waals surface area contributed by atoms with Gasteiger partial charge in [0.15, 0.2) is 5.16 Å². The number of thiophene rings is 1. The maximum atomic E-state index is 12.7. The number of hydrogen-bond acceptors (Lipinski definition) is 6. The molecule has 0 bridgehead atoms. The first-order chi connectivity index (χ1) is 13.9. The molecule has 156 valence electrons. The zero-order valence-electron chi connectivity index (χ0n) is 16.7. The highest BCUT2D eigenvalue weighted by molar-refractivity contribution is 8.00. The quantitative estimate of drug-likeness (QED) is 0.435. The Morgan fingerprint density at radius 3 is 2.86 bits per heavy atom. The lowest BCUT2D eigenvalue weighted by molar-refractivity contribution is -0.115. The molecule has 1 unspecified atom stereocenters. The predicted octanol–water partition coefficient (Wildman–Crippen LogP) is 3.27. The van der Waals surface area contributed by atoms with Gasteiger partial charge in [0.1, 0.15) is 5.00 Å². The lowest BCUT2D eigenvalue weighted by Gasteiger charge is -2.12. The first-order valence-electron chi connectivity index (χ1n) is 9.91. The summed E-state index contributed by atoms with van der Waals surface area (Å²) in [7, 11) is 0. The highest BCUT2D eigenvalue weighted by Crippen LogP contribution is 2.38. The minimum Gasteiger partial charge on any atom is -0.365 e. The number of anilines is 1. The van der Waals surface area contributed by atoms with Crippen LogP contribution in [0.2, 0.25) is 0 Å². The van der Waals surface area contributed by atoms with Crippen molar-refractivity contribution in [3.63, 3.8) is 0 Å². The van der Waals surface area contributed by atoms with E-state index in [1.54, 1.807) is 6.92 Å². The van der Waals surface area contributed by atoms with Crippen LogP contribution in [0.5, 0.6) is 0 Å². The summed E-state index contributed by atoms with van der Waals surface area (Å²) in [5.74, 6) is -0.757. The van der Waals surface area contributed by atoms with Gasteiger partial charge in [0.2, 0.25) is 5.91 Å².